The molecular formula is C14H12Cl2N2O3S. The fraction of sp³-hybridized carbons (Fsp3) is 0.429. The van der Waals surface area contributed by atoms with Crippen molar-refractivity contribution >= 4 is 35.0 Å². The van der Waals surface area contributed by atoms with Gasteiger partial charge in [-0.05, 0) is 18.6 Å². The molecule has 0 amide bonds. The Morgan fingerprint density at radius 2 is 2.00 bits per heavy atom. The molecule has 0 N–H and O–H groups in total. The molecule has 0 radical (unpaired) electrons. The Kier molecular flexibility index (Phi) is 3.63. The first-order valence-electron chi connectivity index (χ1n) is 6.84. The largest absolute Gasteiger partial charge is 0.485 e. The van der Waals surface area contributed by atoms with Crippen LogP contribution in [0.3, 0.4) is 0 Å². The van der Waals surface area contributed by atoms with E-state index in [0.29, 0.717) is 23.5 Å². The van der Waals surface area contributed by atoms with Crippen LogP contribution in [0.2, 0.25) is 0 Å². The molecule has 2 atom stereocenters. The molecule has 2 aliphatic rings. The average Bonchev–Trinajstić information content (AvgIpc) is 2.94. The third-order valence-corrected chi connectivity index (χ3v) is 5.48. The van der Waals surface area contributed by atoms with E-state index in [2.05, 4.69) is 10.2 Å². The number of hydrogen-bond donors (Lipinski definition) is 0. The highest BCUT2D eigenvalue weighted by atomic mass is 35.5. The summed E-state index contributed by atoms with van der Waals surface area (Å²) in [6.07, 6.45) is 0.415. The van der Waals surface area contributed by atoms with Crippen molar-refractivity contribution in [3.63, 3.8) is 0 Å². The van der Waals surface area contributed by atoms with Gasteiger partial charge in [-0.2, -0.15) is 0 Å². The average molecular weight is 359 g/mol. The standard InChI is InChI=1S/C14H12Cl2N2O3S/c15-14(16)5-8(14)7-22-13-18-17-12(21-13)11-6-19-9-3-1-2-4-10(9)20-11/h1-4,8,11H,5-7H2/t8-,11-/m1/s1. The zero-order valence-electron chi connectivity index (χ0n) is 11.4. The van der Waals surface area contributed by atoms with Crippen molar-refractivity contribution in [1.29, 1.82) is 0 Å². The number of halogens is 2. The lowest BCUT2D eigenvalue weighted by atomic mass is 10.2. The van der Waals surface area contributed by atoms with Crippen molar-refractivity contribution in [2.45, 2.75) is 22.1 Å². The Morgan fingerprint density at radius 1 is 1.23 bits per heavy atom. The molecule has 4 rings (SSSR count). The van der Waals surface area contributed by atoms with E-state index in [1.165, 1.54) is 11.8 Å². The first kappa shape index (κ1) is 14.5. The van der Waals surface area contributed by atoms with Crippen LogP contribution in [0.4, 0.5) is 0 Å². The van der Waals surface area contributed by atoms with E-state index in [1.807, 2.05) is 24.3 Å². The van der Waals surface area contributed by atoms with Gasteiger partial charge in [-0.1, -0.05) is 23.9 Å². The van der Waals surface area contributed by atoms with E-state index in [1.54, 1.807) is 0 Å². The maximum absolute atomic E-state index is 6.00. The summed E-state index contributed by atoms with van der Waals surface area (Å²) in [5.41, 5.74) is 0. The summed E-state index contributed by atoms with van der Waals surface area (Å²) in [4.78, 5) is 0. The highest BCUT2D eigenvalue weighted by Crippen LogP contribution is 2.54. The zero-order chi connectivity index (χ0) is 15.2. The van der Waals surface area contributed by atoms with Crippen LogP contribution in [0.5, 0.6) is 11.5 Å². The zero-order valence-corrected chi connectivity index (χ0v) is 13.7. The van der Waals surface area contributed by atoms with Gasteiger partial charge < -0.3 is 13.9 Å². The Labute approximate surface area is 141 Å². The summed E-state index contributed by atoms with van der Waals surface area (Å²) in [5, 5.41) is 8.55. The van der Waals surface area contributed by atoms with Gasteiger partial charge in [-0.25, -0.2) is 0 Å². The predicted molar refractivity (Wildman–Crippen MR) is 82.9 cm³/mol. The first-order chi connectivity index (χ1) is 10.6. The van der Waals surface area contributed by atoms with E-state index in [4.69, 9.17) is 37.1 Å². The second-order valence-electron chi connectivity index (χ2n) is 5.24. The molecule has 2 heterocycles. The minimum Gasteiger partial charge on any atom is -0.485 e. The van der Waals surface area contributed by atoms with Crippen LogP contribution in [0.15, 0.2) is 33.9 Å². The van der Waals surface area contributed by atoms with Gasteiger partial charge in [0, 0.05) is 11.7 Å². The number of nitrogens with zero attached hydrogens (tertiary/aromatic N) is 2. The third-order valence-electron chi connectivity index (χ3n) is 3.57. The number of alkyl halides is 2. The van der Waals surface area contributed by atoms with Crippen LogP contribution in [0, 0.1) is 5.92 Å². The van der Waals surface area contributed by atoms with Crippen molar-refractivity contribution in [3.05, 3.63) is 30.2 Å². The molecule has 1 saturated carbocycles. The summed E-state index contributed by atoms with van der Waals surface area (Å²) in [7, 11) is 0. The quantitative estimate of drug-likeness (QED) is 0.610. The Balaban J connectivity index is 1.40. The molecular weight excluding hydrogens is 347 g/mol. The second kappa shape index (κ2) is 5.51. The molecule has 1 fully saturated rings. The third kappa shape index (κ3) is 2.87. The fourth-order valence-corrected chi connectivity index (χ4v) is 3.87. The summed E-state index contributed by atoms with van der Waals surface area (Å²) in [5.74, 6) is 2.85. The normalized spacial score (nSPS) is 25.0. The summed E-state index contributed by atoms with van der Waals surface area (Å²) in [6.45, 7) is 0.346. The van der Waals surface area contributed by atoms with Gasteiger partial charge >= 0.3 is 0 Å². The molecule has 0 spiro atoms. The van der Waals surface area contributed by atoms with Gasteiger partial charge in [0.25, 0.3) is 11.1 Å². The van der Waals surface area contributed by atoms with Gasteiger partial charge in [0.05, 0.1) is 0 Å². The van der Waals surface area contributed by atoms with E-state index >= 15 is 0 Å². The maximum Gasteiger partial charge on any atom is 0.276 e. The number of para-hydroxylation sites is 2. The highest BCUT2D eigenvalue weighted by molar-refractivity contribution is 7.99. The van der Waals surface area contributed by atoms with Gasteiger partial charge in [0.1, 0.15) is 10.9 Å². The second-order valence-corrected chi connectivity index (χ2v) is 7.76. The molecule has 1 aromatic heterocycles. The smallest absolute Gasteiger partial charge is 0.276 e. The number of fused-ring (bicyclic) bond motifs is 1. The van der Waals surface area contributed by atoms with Crippen LogP contribution in [-0.4, -0.2) is 26.9 Å². The summed E-state index contributed by atoms with van der Waals surface area (Å²) in [6, 6.07) is 7.50. The Bertz CT molecular complexity index is 694. The molecule has 0 saturated heterocycles. The maximum atomic E-state index is 6.00. The minimum absolute atomic E-state index is 0.275. The summed E-state index contributed by atoms with van der Waals surface area (Å²) < 4.78 is 16.5. The van der Waals surface area contributed by atoms with Crippen LogP contribution >= 0.6 is 35.0 Å². The van der Waals surface area contributed by atoms with Crippen LogP contribution in [-0.2, 0) is 0 Å². The molecule has 5 nitrogen and oxygen atoms in total. The number of ether oxygens (including phenoxy) is 2. The molecule has 1 aliphatic carbocycles. The minimum atomic E-state index is -0.583. The molecule has 2 aromatic rings. The Hall–Kier alpha value is -1.11. The van der Waals surface area contributed by atoms with Crippen LogP contribution in [0.1, 0.15) is 18.4 Å². The van der Waals surface area contributed by atoms with Crippen molar-refractivity contribution in [1.82, 2.24) is 10.2 Å². The van der Waals surface area contributed by atoms with Gasteiger partial charge in [0.2, 0.25) is 6.10 Å². The molecule has 22 heavy (non-hydrogen) atoms. The van der Waals surface area contributed by atoms with E-state index in [-0.39, 0.29) is 5.92 Å². The van der Waals surface area contributed by atoms with Crippen molar-refractivity contribution in [2.24, 2.45) is 5.92 Å². The van der Waals surface area contributed by atoms with E-state index in [0.717, 1.165) is 17.9 Å². The SMILES string of the molecule is ClC1(Cl)C[C@@H]1CSc1nnc([C@H]2COc3ccccc3O2)o1. The van der Waals surface area contributed by atoms with Gasteiger partial charge in [0.15, 0.2) is 11.5 Å². The lowest BCUT2D eigenvalue weighted by Crippen LogP contribution is -2.21. The van der Waals surface area contributed by atoms with Crippen molar-refractivity contribution < 1.29 is 13.9 Å². The molecule has 8 heteroatoms. The lowest BCUT2D eigenvalue weighted by molar-refractivity contribution is 0.0686. The number of hydrogen-bond acceptors (Lipinski definition) is 6. The van der Waals surface area contributed by atoms with E-state index < -0.39 is 10.4 Å². The van der Waals surface area contributed by atoms with Crippen molar-refractivity contribution in [2.75, 3.05) is 12.4 Å². The Morgan fingerprint density at radius 3 is 2.77 bits per heavy atom. The fourth-order valence-electron chi connectivity index (χ4n) is 2.17. The lowest BCUT2D eigenvalue weighted by Gasteiger charge is -2.23. The van der Waals surface area contributed by atoms with E-state index in [9.17, 15) is 0 Å². The van der Waals surface area contributed by atoms with Crippen LogP contribution in [0.25, 0.3) is 0 Å². The highest BCUT2D eigenvalue weighted by Gasteiger charge is 2.51. The van der Waals surface area contributed by atoms with Gasteiger partial charge in [-0.3, -0.25) is 0 Å². The van der Waals surface area contributed by atoms with Crippen LogP contribution < -0.4 is 9.47 Å². The molecule has 1 aromatic carbocycles. The topological polar surface area (TPSA) is 57.4 Å². The first-order valence-corrected chi connectivity index (χ1v) is 8.58. The van der Waals surface area contributed by atoms with Gasteiger partial charge in [-0.15, -0.1) is 33.4 Å². The molecule has 116 valence electrons. The monoisotopic (exact) mass is 358 g/mol. The molecule has 0 unspecified atom stereocenters. The summed E-state index contributed by atoms with van der Waals surface area (Å²) >= 11 is 13.5. The van der Waals surface area contributed by atoms with Crippen molar-refractivity contribution in [3.8, 4) is 11.5 Å². The predicted octanol–water partition coefficient (Wildman–Crippen LogP) is 3.87. The number of aromatic nitrogens is 2. The number of benzene rings is 1. The molecule has 1 aliphatic heterocycles. The number of thioether (sulfide) groups is 1. The number of rotatable bonds is 4. The molecule has 0 bridgehead atoms.